The van der Waals surface area contributed by atoms with E-state index in [1.807, 2.05) is 19.0 Å². The van der Waals surface area contributed by atoms with Crippen molar-refractivity contribution in [1.82, 2.24) is 14.8 Å². The largest absolute Gasteiger partial charge is 0.466 e. The smallest absolute Gasteiger partial charge is 0.307 e. The summed E-state index contributed by atoms with van der Waals surface area (Å²) in [7, 11) is 3.89. The predicted molar refractivity (Wildman–Crippen MR) is 79.9 cm³/mol. The van der Waals surface area contributed by atoms with E-state index in [2.05, 4.69) is 4.98 Å². The molecule has 6 nitrogen and oxygen atoms in total. The molecule has 1 heterocycles. The van der Waals surface area contributed by atoms with Crippen LogP contribution in [0.5, 0.6) is 0 Å². The molecule has 0 aliphatic carbocycles. The van der Waals surface area contributed by atoms with Crippen molar-refractivity contribution in [2.45, 2.75) is 13.3 Å². The van der Waals surface area contributed by atoms with Gasteiger partial charge < -0.3 is 14.5 Å². The minimum absolute atomic E-state index is 0.0939. The lowest BCUT2D eigenvalue weighted by molar-refractivity contribution is -0.143. The van der Waals surface area contributed by atoms with Gasteiger partial charge in [-0.1, -0.05) is 0 Å². The van der Waals surface area contributed by atoms with Gasteiger partial charge in [-0.25, -0.2) is 0 Å². The van der Waals surface area contributed by atoms with Crippen LogP contribution in [-0.2, 0) is 9.53 Å². The highest BCUT2D eigenvalue weighted by Gasteiger charge is 2.17. The Morgan fingerprint density at radius 2 is 1.81 bits per heavy atom. The zero-order valence-electron chi connectivity index (χ0n) is 12.9. The van der Waals surface area contributed by atoms with E-state index in [4.69, 9.17) is 4.74 Å². The summed E-state index contributed by atoms with van der Waals surface area (Å²) in [6, 6.07) is 3.35. The fourth-order valence-corrected chi connectivity index (χ4v) is 1.77. The van der Waals surface area contributed by atoms with Crippen molar-refractivity contribution >= 4 is 11.9 Å². The van der Waals surface area contributed by atoms with Crippen LogP contribution in [0, 0.1) is 0 Å². The molecule has 0 aliphatic rings. The first-order valence-electron chi connectivity index (χ1n) is 7.04. The van der Waals surface area contributed by atoms with E-state index in [0.29, 0.717) is 25.3 Å². The molecule has 0 saturated carbocycles. The molecule has 6 heteroatoms. The van der Waals surface area contributed by atoms with E-state index < -0.39 is 0 Å². The summed E-state index contributed by atoms with van der Waals surface area (Å²) in [4.78, 5) is 31.5. The molecule has 1 amide bonds. The second-order valence-corrected chi connectivity index (χ2v) is 4.89. The second kappa shape index (κ2) is 9.07. The van der Waals surface area contributed by atoms with Crippen LogP contribution in [0.15, 0.2) is 24.5 Å². The highest BCUT2D eigenvalue weighted by Crippen LogP contribution is 2.05. The monoisotopic (exact) mass is 293 g/mol. The van der Waals surface area contributed by atoms with E-state index in [1.54, 1.807) is 36.4 Å². The van der Waals surface area contributed by atoms with Crippen molar-refractivity contribution in [2.24, 2.45) is 0 Å². The number of nitrogens with zero attached hydrogens (tertiary/aromatic N) is 3. The van der Waals surface area contributed by atoms with Gasteiger partial charge in [-0.2, -0.15) is 0 Å². The maximum Gasteiger partial charge on any atom is 0.307 e. The second-order valence-electron chi connectivity index (χ2n) is 4.89. The van der Waals surface area contributed by atoms with Crippen LogP contribution in [0.25, 0.3) is 0 Å². The molecule has 0 N–H and O–H groups in total. The number of pyridine rings is 1. The van der Waals surface area contributed by atoms with Gasteiger partial charge in [0, 0.05) is 37.6 Å². The average molecular weight is 293 g/mol. The van der Waals surface area contributed by atoms with Crippen LogP contribution in [0.2, 0.25) is 0 Å². The van der Waals surface area contributed by atoms with Crippen molar-refractivity contribution in [2.75, 3.05) is 40.3 Å². The number of hydrogen-bond acceptors (Lipinski definition) is 5. The van der Waals surface area contributed by atoms with Gasteiger partial charge in [-0.15, -0.1) is 0 Å². The first-order valence-corrected chi connectivity index (χ1v) is 7.04. The molecule has 1 aromatic rings. The molecule has 0 aliphatic heterocycles. The van der Waals surface area contributed by atoms with E-state index in [-0.39, 0.29) is 18.3 Å². The summed E-state index contributed by atoms with van der Waals surface area (Å²) in [6.45, 7) is 3.78. The summed E-state index contributed by atoms with van der Waals surface area (Å²) in [6.07, 6.45) is 3.38. The topological polar surface area (TPSA) is 62.7 Å². The Kier molecular flexibility index (Phi) is 7.39. The number of aromatic nitrogens is 1. The van der Waals surface area contributed by atoms with Crippen molar-refractivity contribution < 1.29 is 14.3 Å². The Hall–Kier alpha value is -1.95. The van der Waals surface area contributed by atoms with E-state index in [0.717, 1.165) is 6.54 Å². The van der Waals surface area contributed by atoms with Crippen molar-refractivity contribution in [3.8, 4) is 0 Å². The highest BCUT2D eigenvalue weighted by atomic mass is 16.5. The number of hydrogen-bond donors (Lipinski definition) is 0. The van der Waals surface area contributed by atoms with E-state index in [1.165, 1.54) is 0 Å². The lowest BCUT2D eigenvalue weighted by atomic mass is 10.2. The molecule has 0 spiro atoms. The SMILES string of the molecule is CCOC(=O)CCN(CCN(C)C)C(=O)c1ccncc1. The first-order chi connectivity index (χ1) is 10.0. The fraction of sp³-hybridized carbons (Fsp3) is 0.533. The molecule has 0 radical (unpaired) electrons. The summed E-state index contributed by atoms with van der Waals surface area (Å²) in [5.41, 5.74) is 0.576. The Balaban J connectivity index is 2.67. The number of ether oxygens (including phenoxy) is 1. The van der Waals surface area contributed by atoms with Gasteiger partial charge in [-0.3, -0.25) is 14.6 Å². The molecule has 0 saturated heterocycles. The number of carbonyl (C=O) groups is 2. The number of likely N-dealkylation sites (N-methyl/N-ethyl adjacent to an activating group) is 1. The lowest BCUT2D eigenvalue weighted by Gasteiger charge is -2.24. The quantitative estimate of drug-likeness (QED) is 0.670. The van der Waals surface area contributed by atoms with E-state index >= 15 is 0 Å². The third-order valence-corrected chi connectivity index (χ3v) is 2.92. The van der Waals surface area contributed by atoms with Crippen LogP contribution >= 0.6 is 0 Å². The van der Waals surface area contributed by atoms with Crippen LogP contribution in [0.4, 0.5) is 0 Å². The molecule has 21 heavy (non-hydrogen) atoms. The van der Waals surface area contributed by atoms with Crippen molar-refractivity contribution in [3.63, 3.8) is 0 Å². The maximum absolute atomic E-state index is 12.5. The molecule has 0 unspecified atom stereocenters. The molecule has 1 rings (SSSR count). The first kappa shape index (κ1) is 17.1. The third kappa shape index (κ3) is 6.35. The average Bonchev–Trinajstić information content (AvgIpc) is 2.47. The van der Waals surface area contributed by atoms with Crippen molar-refractivity contribution in [3.05, 3.63) is 30.1 Å². The number of rotatable bonds is 8. The van der Waals surface area contributed by atoms with E-state index in [9.17, 15) is 9.59 Å². The number of amides is 1. The Labute approximate surface area is 125 Å². The molecule has 0 bridgehead atoms. The van der Waals surface area contributed by atoms with Crippen molar-refractivity contribution in [1.29, 1.82) is 0 Å². The molecular weight excluding hydrogens is 270 g/mol. The van der Waals surface area contributed by atoms with Gasteiger partial charge in [0.1, 0.15) is 0 Å². The van der Waals surface area contributed by atoms with Gasteiger partial charge in [-0.05, 0) is 33.2 Å². The Bertz CT molecular complexity index is 449. The van der Waals surface area contributed by atoms with Gasteiger partial charge in [0.05, 0.1) is 13.0 Å². The molecule has 1 aromatic heterocycles. The van der Waals surface area contributed by atoms with Crippen LogP contribution in [0.1, 0.15) is 23.7 Å². The van der Waals surface area contributed by atoms with Gasteiger partial charge in [0.2, 0.25) is 0 Å². The number of esters is 1. The summed E-state index contributed by atoms with van der Waals surface area (Å²) >= 11 is 0. The Morgan fingerprint density at radius 1 is 1.14 bits per heavy atom. The maximum atomic E-state index is 12.5. The van der Waals surface area contributed by atoms with Gasteiger partial charge >= 0.3 is 5.97 Å². The summed E-state index contributed by atoms with van der Waals surface area (Å²) in [5, 5.41) is 0. The minimum Gasteiger partial charge on any atom is -0.466 e. The summed E-state index contributed by atoms with van der Waals surface area (Å²) in [5.74, 6) is -0.376. The summed E-state index contributed by atoms with van der Waals surface area (Å²) < 4.78 is 4.91. The highest BCUT2D eigenvalue weighted by molar-refractivity contribution is 5.94. The fourth-order valence-electron chi connectivity index (χ4n) is 1.77. The molecule has 116 valence electrons. The molecule has 0 atom stereocenters. The van der Waals surface area contributed by atoms with Gasteiger partial charge in [0.15, 0.2) is 0 Å². The standard InChI is InChI=1S/C15H23N3O3/c1-4-21-14(19)7-10-18(12-11-17(2)3)15(20)13-5-8-16-9-6-13/h5-6,8-9H,4,7,10-12H2,1-3H3. The zero-order valence-corrected chi connectivity index (χ0v) is 12.9. The molecular formula is C15H23N3O3. The third-order valence-electron chi connectivity index (χ3n) is 2.92. The van der Waals surface area contributed by atoms with Crippen LogP contribution in [0.3, 0.4) is 0 Å². The van der Waals surface area contributed by atoms with Gasteiger partial charge in [0.25, 0.3) is 5.91 Å². The Morgan fingerprint density at radius 3 is 2.38 bits per heavy atom. The lowest BCUT2D eigenvalue weighted by Crippen LogP contribution is -2.38. The van der Waals surface area contributed by atoms with Crippen LogP contribution in [-0.4, -0.2) is 67.0 Å². The normalized spacial score (nSPS) is 10.5. The number of carbonyl (C=O) groups excluding carboxylic acids is 2. The molecule has 0 fully saturated rings. The zero-order chi connectivity index (χ0) is 15.7. The molecule has 0 aromatic carbocycles. The minimum atomic E-state index is -0.283. The predicted octanol–water partition coefficient (Wildman–Crippen LogP) is 1.04. The van der Waals surface area contributed by atoms with Crippen LogP contribution < -0.4 is 0 Å².